The third-order valence-electron chi connectivity index (χ3n) is 5.59. The fourth-order valence-corrected chi connectivity index (χ4v) is 6.47. The second-order valence-corrected chi connectivity index (χ2v) is 10.3. The van der Waals surface area contributed by atoms with Gasteiger partial charge in [0.15, 0.2) is 5.16 Å². The summed E-state index contributed by atoms with van der Waals surface area (Å²) in [5.41, 5.74) is 1.89. The molecule has 32 heavy (non-hydrogen) atoms. The van der Waals surface area contributed by atoms with Crippen LogP contribution in [0.15, 0.2) is 51.3 Å². The van der Waals surface area contributed by atoms with Crippen LogP contribution in [0.2, 0.25) is 5.02 Å². The molecule has 0 fully saturated rings. The number of thiophene rings is 1. The molecule has 1 aliphatic rings. The summed E-state index contributed by atoms with van der Waals surface area (Å²) >= 11 is 9.30. The first-order chi connectivity index (χ1) is 15.5. The zero-order valence-corrected chi connectivity index (χ0v) is 19.9. The molecule has 164 valence electrons. The van der Waals surface area contributed by atoms with Gasteiger partial charge in [-0.15, -0.1) is 28.1 Å². The number of hydrogen-bond donors (Lipinski definition) is 0. The Kier molecular flexibility index (Phi) is 5.92. The molecule has 0 saturated heterocycles. The molecule has 3 heterocycles. The Labute approximate surface area is 198 Å². The number of hydrogen-bond acceptors (Lipinski definition) is 7. The maximum atomic E-state index is 13.4. The van der Waals surface area contributed by atoms with Gasteiger partial charge in [-0.25, -0.2) is 4.98 Å². The Balaban J connectivity index is 1.47. The van der Waals surface area contributed by atoms with Crippen LogP contribution >= 0.6 is 34.7 Å². The van der Waals surface area contributed by atoms with Gasteiger partial charge in [0.1, 0.15) is 4.83 Å². The molecule has 0 N–H and O–H groups in total. The van der Waals surface area contributed by atoms with Crippen molar-refractivity contribution in [3.63, 3.8) is 0 Å². The molecule has 6 nitrogen and oxygen atoms in total. The SMILES string of the molecule is C=CCn1c(SCc2nnc(-c3ccccc3Cl)o2)nc2sc3c(c2c1=O)CCC(C)C3. The Morgan fingerprint density at radius 3 is 3.03 bits per heavy atom. The van der Waals surface area contributed by atoms with Crippen LogP contribution in [0, 0.1) is 5.92 Å². The summed E-state index contributed by atoms with van der Waals surface area (Å²) in [5.74, 6) is 1.86. The summed E-state index contributed by atoms with van der Waals surface area (Å²) in [7, 11) is 0. The third kappa shape index (κ3) is 3.91. The molecular formula is C23H21ClN4O2S2. The van der Waals surface area contributed by atoms with Crippen LogP contribution in [0.25, 0.3) is 21.7 Å². The van der Waals surface area contributed by atoms with Crippen molar-refractivity contribution in [2.45, 2.75) is 43.6 Å². The minimum absolute atomic E-state index is 0.00624. The van der Waals surface area contributed by atoms with Gasteiger partial charge in [0.2, 0.25) is 11.8 Å². The molecule has 3 aromatic heterocycles. The van der Waals surface area contributed by atoms with Crippen LogP contribution in [0.5, 0.6) is 0 Å². The van der Waals surface area contributed by atoms with E-state index in [1.807, 2.05) is 18.2 Å². The van der Waals surface area contributed by atoms with E-state index in [1.165, 1.54) is 22.2 Å². The summed E-state index contributed by atoms with van der Waals surface area (Å²) in [6.07, 6.45) is 4.80. The van der Waals surface area contributed by atoms with Gasteiger partial charge in [0, 0.05) is 11.4 Å². The van der Waals surface area contributed by atoms with Crippen molar-refractivity contribution in [3.05, 3.63) is 68.6 Å². The largest absolute Gasteiger partial charge is 0.420 e. The number of halogens is 1. The molecule has 0 amide bonds. The van der Waals surface area contributed by atoms with Gasteiger partial charge in [-0.3, -0.25) is 9.36 Å². The van der Waals surface area contributed by atoms with Crippen molar-refractivity contribution in [3.8, 4) is 11.5 Å². The summed E-state index contributed by atoms with van der Waals surface area (Å²) < 4.78 is 7.50. The third-order valence-corrected chi connectivity index (χ3v) is 8.03. The molecule has 0 saturated carbocycles. The number of thioether (sulfide) groups is 1. The van der Waals surface area contributed by atoms with E-state index in [0.717, 1.165) is 29.5 Å². The maximum Gasteiger partial charge on any atom is 0.263 e. The van der Waals surface area contributed by atoms with Gasteiger partial charge < -0.3 is 4.42 Å². The molecule has 1 unspecified atom stereocenters. The zero-order chi connectivity index (χ0) is 22.2. The summed E-state index contributed by atoms with van der Waals surface area (Å²) in [5, 5.41) is 10.2. The van der Waals surface area contributed by atoms with Crippen molar-refractivity contribution in [1.29, 1.82) is 0 Å². The van der Waals surface area contributed by atoms with Crippen LogP contribution in [0.1, 0.15) is 29.7 Å². The standard InChI is InChI=1S/C23H21ClN4O2S2/c1-3-10-28-22(29)19-15-9-8-13(2)11-17(15)32-21(19)25-23(28)31-12-18-26-27-20(30-18)14-6-4-5-7-16(14)24/h3-7,13H,1,8-12H2,2H3. The van der Waals surface area contributed by atoms with Crippen LogP contribution in [-0.4, -0.2) is 19.7 Å². The molecular weight excluding hydrogens is 464 g/mol. The number of fused-ring (bicyclic) bond motifs is 3. The fourth-order valence-electron chi connectivity index (χ4n) is 3.99. The van der Waals surface area contributed by atoms with Gasteiger partial charge >= 0.3 is 0 Å². The highest BCUT2D eigenvalue weighted by atomic mass is 35.5. The molecule has 1 aromatic carbocycles. The number of allylic oxidation sites excluding steroid dienone is 1. The van der Waals surface area contributed by atoms with E-state index in [2.05, 4.69) is 23.7 Å². The number of benzene rings is 1. The van der Waals surface area contributed by atoms with E-state index >= 15 is 0 Å². The number of rotatable bonds is 6. The van der Waals surface area contributed by atoms with E-state index in [-0.39, 0.29) is 5.56 Å². The van der Waals surface area contributed by atoms with Crippen molar-refractivity contribution in [1.82, 2.24) is 19.7 Å². The smallest absolute Gasteiger partial charge is 0.263 e. The van der Waals surface area contributed by atoms with E-state index < -0.39 is 0 Å². The molecule has 5 rings (SSSR count). The minimum atomic E-state index is 0.00624. The number of nitrogens with zero attached hydrogens (tertiary/aromatic N) is 4. The predicted molar refractivity (Wildman–Crippen MR) is 130 cm³/mol. The lowest BCUT2D eigenvalue weighted by molar-refractivity contribution is 0.509. The van der Waals surface area contributed by atoms with Crippen molar-refractivity contribution >= 4 is 44.9 Å². The molecule has 1 atom stereocenters. The first-order valence-electron chi connectivity index (χ1n) is 10.4. The molecule has 0 spiro atoms. The van der Waals surface area contributed by atoms with Crippen LogP contribution in [0.3, 0.4) is 0 Å². The maximum absolute atomic E-state index is 13.4. The van der Waals surface area contributed by atoms with E-state index in [1.54, 1.807) is 28.0 Å². The highest BCUT2D eigenvalue weighted by molar-refractivity contribution is 7.98. The van der Waals surface area contributed by atoms with E-state index in [4.69, 9.17) is 21.0 Å². The number of aryl methyl sites for hydroxylation is 1. The summed E-state index contributed by atoms with van der Waals surface area (Å²) in [6, 6.07) is 7.34. The Bertz CT molecular complexity index is 1370. The van der Waals surface area contributed by atoms with Crippen LogP contribution in [0.4, 0.5) is 0 Å². The van der Waals surface area contributed by atoms with Gasteiger partial charge in [0.25, 0.3) is 5.56 Å². The summed E-state index contributed by atoms with van der Waals surface area (Å²) in [4.78, 5) is 20.4. The average molecular weight is 485 g/mol. The van der Waals surface area contributed by atoms with Gasteiger partial charge in [-0.2, -0.15) is 0 Å². The van der Waals surface area contributed by atoms with Crippen molar-refractivity contribution < 1.29 is 4.42 Å². The summed E-state index contributed by atoms with van der Waals surface area (Å²) in [6.45, 7) is 6.49. The van der Waals surface area contributed by atoms with E-state index in [9.17, 15) is 4.79 Å². The monoisotopic (exact) mass is 484 g/mol. The van der Waals surface area contributed by atoms with Crippen molar-refractivity contribution in [2.75, 3.05) is 0 Å². The Morgan fingerprint density at radius 2 is 2.22 bits per heavy atom. The van der Waals surface area contributed by atoms with Gasteiger partial charge in [-0.1, -0.05) is 48.5 Å². The molecule has 0 aliphatic heterocycles. The Hall–Kier alpha value is -2.42. The lowest BCUT2D eigenvalue weighted by atomic mass is 9.89. The second-order valence-electron chi connectivity index (χ2n) is 7.90. The molecule has 9 heteroatoms. The first kappa shape index (κ1) is 21.4. The number of aromatic nitrogens is 4. The van der Waals surface area contributed by atoms with Crippen LogP contribution in [-0.2, 0) is 25.1 Å². The fraction of sp³-hybridized carbons (Fsp3) is 0.304. The molecule has 0 bridgehead atoms. The Morgan fingerprint density at radius 1 is 1.38 bits per heavy atom. The van der Waals surface area contributed by atoms with E-state index in [0.29, 0.717) is 45.7 Å². The zero-order valence-electron chi connectivity index (χ0n) is 17.5. The predicted octanol–water partition coefficient (Wildman–Crippen LogP) is 5.76. The normalized spacial score (nSPS) is 15.8. The minimum Gasteiger partial charge on any atom is -0.420 e. The highest BCUT2D eigenvalue weighted by Crippen LogP contribution is 2.37. The molecule has 4 aromatic rings. The highest BCUT2D eigenvalue weighted by Gasteiger charge is 2.24. The van der Waals surface area contributed by atoms with Crippen molar-refractivity contribution in [2.24, 2.45) is 5.92 Å². The second kappa shape index (κ2) is 8.84. The molecule has 0 radical (unpaired) electrons. The quantitative estimate of drug-likeness (QED) is 0.196. The molecule has 1 aliphatic carbocycles. The lowest BCUT2D eigenvalue weighted by Crippen LogP contribution is -2.23. The average Bonchev–Trinajstić information content (AvgIpc) is 3.39. The van der Waals surface area contributed by atoms with Gasteiger partial charge in [0.05, 0.1) is 21.7 Å². The van der Waals surface area contributed by atoms with Crippen LogP contribution < -0.4 is 5.56 Å². The lowest BCUT2D eigenvalue weighted by Gasteiger charge is -2.17. The topological polar surface area (TPSA) is 73.8 Å². The van der Waals surface area contributed by atoms with Gasteiger partial charge in [-0.05, 0) is 42.9 Å². The first-order valence-corrected chi connectivity index (χ1v) is 12.6.